The topological polar surface area (TPSA) is 58.2 Å². The van der Waals surface area contributed by atoms with Crippen molar-refractivity contribution in [2.75, 3.05) is 19.6 Å². The third-order valence-corrected chi connectivity index (χ3v) is 7.61. The quantitative estimate of drug-likeness (QED) is 0.835. The van der Waals surface area contributed by atoms with E-state index in [4.69, 9.17) is 11.6 Å². The molecule has 1 aromatic heterocycles. The zero-order valence-electron chi connectivity index (χ0n) is 10.5. The Bertz CT molecular complexity index is 534. The standard InChI is InChI=1S/C11H16BrClN2O2S2/c1-11(3-2-4-14-6-11)7-15-19(16,17)9-5-8(13)10(12)18-9/h5,14-15H,2-4,6-7H2,1H3. The minimum atomic E-state index is -3.47. The molecule has 108 valence electrons. The molecule has 0 radical (unpaired) electrons. The molecule has 0 aromatic carbocycles. The van der Waals surface area contributed by atoms with E-state index in [2.05, 4.69) is 32.9 Å². The van der Waals surface area contributed by atoms with Crippen LogP contribution in [0.4, 0.5) is 0 Å². The summed E-state index contributed by atoms with van der Waals surface area (Å²) in [5.74, 6) is 0. The highest BCUT2D eigenvalue weighted by atomic mass is 79.9. The zero-order chi connectivity index (χ0) is 14.1. The third-order valence-electron chi connectivity index (χ3n) is 3.26. The highest BCUT2D eigenvalue weighted by molar-refractivity contribution is 9.11. The van der Waals surface area contributed by atoms with E-state index in [0.717, 1.165) is 37.3 Å². The van der Waals surface area contributed by atoms with Crippen molar-refractivity contribution in [1.29, 1.82) is 0 Å². The second-order valence-corrected chi connectivity index (χ2v) is 9.87. The van der Waals surface area contributed by atoms with Crippen molar-refractivity contribution in [3.05, 3.63) is 14.9 Å². The number of hydrogen-bond donors (Lipinski definition) is 2. The highest BCUT2D eigenvalue weighted by Crippen LogP contribution is 2.34. The Hall–Kier alpha value is 0.340. The van der Waals surface area contributed by atoms with Crippen molar-refractivity contribution >= 4 is 48.9 Å². The van der Waals surface area contributed by atoms with Crippen LogP contribution in [-0.2, 0) is 10.0 Å². The summed E-state index contributed by atoms with van der Waals surface area (Å²) < 4.78 is 27.9. The molecule has 1 fully saturated rings. The van der Waals surface area contributed by atoms with E-state index in [1.165, 1.54) is 6.07 Å². The molecule has 19 heavy (non-hydrogen) atoms. The van der Waals surface area contributed by atoms with Crippen LogP contribution < -0.4 is 10.0 Å². The fraction of sp³-hybridized carbons (Fsp3) is 0.636. The van der Waals surface area contributed by atoms with Crippen LogP contribution in [0.3, 0.4) is 0 Å². The van der Waals surface area contributed by atoms with Gasteiger partial charge in [-0.25, -0.2) is 13.1 Å². The van der Waals surface area contributed by atoms with Gasteiger partial charge in [0.2, 0.25) is 10.0 Å². The molecule has 2 heterocycles. The first kappa shape index (κ1) is 15.7. The van der Waals surface area contributed by atoms with Crippen LogP contribution in [0.25, 0.3) is 0 Å². The van der Waals surface area contributed by atoms with Gasteiger partial charge in [-0.2, -0.15) is 0 Å². The molecular formula is C11H16BrClN2O2S2. The maximum absolute atomic E-state index is 12.2. The first-order valence-electron chi connectivity index (χ1n) is 5.98. The van der Waals surface area contributed by atoms with Crippen molar-refractivity contribution in [1.82, 2.24) is 10.0 Å². The Labute approximate surface area is 131 Å². The summed E-state index contributed by atoms with van der Waals surface area (Å²) >= 11 is 10.2. The van der Waals surface area contributed by atoms with Gasteiger partial charge in [0, 0.05) is 13.1 Å². The van der Waals surface area contributed by atoms with Crippen LogP contribution in [0.5, 0.6) is 0 Å². The molecule has 1 atom stereocenters. The molecular weight excluding hydrogens is 372 g/mol. The largest absolute Gasteiger partial charge is 0.316 e. The van der Waals surface area contributed by atoms with Crippen LogP contribution in [0.15, 0.2) is 14.1 Å². The van der Waals surface area contributed by atoms with Crippen molar-refractivity contribution in [3.63, 3.8) is 0 Å². The van der Waals surface area contributed by atoms with Gasteiger partial charge in [0.05, 0.1) is 8.81 Å². The number of rotatable bonds is 4. The van der Waals surface area contributed by atoms with Gasteiger partial charge >= 0.3 is 0 Å². The van der Waals surface area contributed by atoms with Crippen molar-refractivity contribution < 1.29 is 8.42 Å². The lowest BCUT2D eigenvalue weighted by Gasteiger charge is -2.34. The fourth-order valence-electron chi connectivity index (χ4n) is 2.07. The first-order chi connectivity index (χ1) is 8.82. The van der Waals surface area contributed by atoms with Crippen LogP contribution in [0.2, 0.25) is 5.02 Å². The van der Waals surface area contributed by atoms with E-state index in [0.29, 0.717) is 15.4 Å². The van der Waals surface area contributed by atoms with Gasteiger partial charge in [0.1, 0.15) is 4.21 Å². The average molecular weight is 388 g/mol. The van der Waals surface area contributed by atoms with E-state index in [9.17, 15) is 8.42 Å². The van der Waals surface area contributed by atoms with Crippen molar-refractivity contribution in [2.24, 2.45) is 5.41 Å². The molecule has 0 amide bonds. The fourth-order valence-corrected chi connectivity index (χ4v) is 5.71. The monoisotopic (exact) mass is 386 g/mol. The lowest BCUT2D eigenvalue weighted by Crippen LogP contribution is -2.45. The van der Waals surface area contributed by atoms with E-state index < -0.39 is 10.0 Å². The molecule has 8 heteroatoms. The van der Waals surface area contributed by atoms with Gasteiger partial charge in [-0.05, 0) is 46.8 Å². The molecule has 0 saturated carbocycles. The highest BCUT2D eigenvalue weighted by Gasteiger charge is 2.29. The molecule has 2 N–H and O–H groups in total. The summed E-state index contributed by atoms with van der Waals surface area (Å²) in [6.07, 6.45) is 2.10. The summed E-state index contributed by atoms with van der Waals surface area (Å²) in [6.45, 7) is 4.38. The van der Waals surface area contributed by atoms with Crippen LogP contribution in [0.1, 0.15) is 19.8 Å². The number of sulfonamides is 1. The molecule has 0 spiro atoms. The molecule has 2 rings (SSSR count). The maximum Gasteiger partial charge on any atom is 0.250 e. The lowest BCUT2D eigenvalue weighted by molar-refractivity contribution is 0.238. The average Bonchev–Trinajstić information content (AvgIpc) is 2.69. The molecule has 4 nitrogen and oxygen atoms in total. The minimum Gasteiger partial charge on any atom is -0.316 e. The number of thiophene rings is 1. The van der Waals surface area contributed by atoms with Gasteiger partial charge in [0.25, 0.3) is 0 Å². The summed E-state index contributed by atoms with van der Waals surface area (Å²) in [4.78, 5) is 0. The molecule has 1 saturated heterocycles. The predicted molar refractivity (Wildman–Crippen MR) is 82.4 cm³/mol. The van der Waals surface area contributed by atoms with Gasteiger partial charge in [-0.3, -0.25) is 0 Å². The van der Waals surface area contributed by atoms with Gasteiger partial charge in [0.15, 0.2) is 0 Å². The molecule has 0 bridgehead atoms. The second-order valence-electron chi connectivity index (χ2n) is 5.10. The number of piperidine rings is 1. The molecule has 1 unspecified atom stereocenters. The SMILES string of the molecule is CC1(CNS(=O)(=O)c2cc(Cl)c(Br)s2)CCCNC1. The molecule has 0 aliphatic carbocycles. The number of hydrogen-bond acceptors (Lipinski definition) is 4. The number of halogens is 2. The van der Waals surface area contributed by atoms with Gasteiger partial charge in [-0.1, -0.05) is 18.5 Å². The van der Waals surface area contributed by atoms with Crippen LogP contribution >= 0.6 is 38.9 Å². The molecule has 1 aliphatic heterocycles. The van der Waals surface area contributed by atoms with Crippen LogP contribution in [0, 0.1) is 5.41 Å². The van der Waals surface area contributed by atoms with Crippen molar-refractivity contribution in [3.8, 4) is 0 Å². The Morgan fingerprint density at radius 2 is 2.37 bits per heavy atom. The first-order valence-corrected chi connectivity index (χ1v) is 9.45. The summed E-state index contributed by atoms with van der Waals surface area (Å²) in [7, 11) is -3.47. The van der Waals surface area contributed by atoms with E-state index in [1.54, 1.807) is 0 Å². The zero-order valence-corrected chi connectivity index (χ0v) is 14.5. The third kappa shape index (κ3) is 3.92. The van der Waals surface area contributed by atoms with Crippen molar-refractivity contribution in [2.45, 2.75) is 24.0 Å². The summed E-state index contributed by atoms with van der Waals surface area (Å²) in [5, 5.41) is 3.73. The Kier molecular flexibility index (Phi) is 4.96. The minimum absolute atomic E-state index is 0.0242. The second kappa shape index (κ2) is 5.99. The molecule has 1 aliphatic rings. The van der Waals surface area contributed by atoms with Gasteiger partial charge < -0.3 is 5.32 Å². The van der Waals surface area contributed by atoms with E-state index in [1.807, 2.05) is 0 Å². The normalized spacial score (nSPS) is 24.6. The van der Waals surface area contributed by atoms with Crippen LogP contribution in [-0.4, -0.2) is 28.1 Å². The Morgan fingerprint density at radius 1 is 1.63 bits per heavy atom. The van der Waals surface area contributed by atoms with Gasteiger partial charge in [-0.15, -0.1) is 11.3 Å². The Morgan fingerprint density at radius 3 is 2.89 bits per heavy atom. The maximum atomic E-state index is 12.2. The smallest absolute Gasteiger partial charge is 0.250 e. The number of nitrogens with one attached hydrogen (secondary N) is 2. The Balaban J connectivity index is 2.05. The summed E-state index contributed by atoms with van der Waals surface area (Å²) in [6, 6.07) is 1.47. The lowest BCUT2D eigenvalue weighted by atomic mass is 9.83. The predicted octanol–water partition coefficient (Wildman–Crippen LogP) is 2.83. The van der Waals surface area contributed by atoms with E-state index in [-0.39, 0.29) is 9.62 Å². The molecule has 1 aromatic rings. The van der Waals surface area contributed by atoms with E-state index >= 15 is 0 Å². The summed E-state index contributed by atoms with van der Waals surface area (Å²) in [5.41, 5.74) is -0.0242.